The van der Waals surface area contributed by atoms with E-state index in [-0.39, 0.29) is 5.82 Å². The summed E-state index contributed by atoms with van der Waals surface area (Å²) in [5.41, 5.74) is 0.930. The van der Waals surface area contributed by atoms with Crippen LogP contribution in [-0.4, -0.2) is 0 Å². The van der Waals surface area contributed by atoms with Gasteiger partial charge in [-0.2, -0.15) is 0 Å². The zero-order chi connectivity index (χ0) is 15.6. The van der Waals surface area contributed by atoms with Crippen LogP contribution < -0.4 is 0 Å². The smallest absolute Gasteiger partial charge is 0.123 e. The molecule has 0 heterocycles. The largest absolute Gasteiger partial charge is 0.207 e. The molecule has 0 unspecified atom stereocenters. The van der Waals surface area contributed by atoms with Gasteiger partial charge in [-0.1, -0.05) is 57.3 Å². The van der Waals surface area contributed by atoms with Gasteiger partial charge in [-0.05, 0) is 55.9 Å². The minimum absolute atomic E-state index is 0.190. The van der Waals surface area contributed by atoms with Crippen molar-refractivity contribution in [1.29, 1.82) is 0 Å². The predicted molar refractivity (Wildman–Crippen MR) is 92.1 cm³/mol. The molecule has 0 amide bonds. The zero-order valence-electron chi connectivity index (χ0n) is 13.9. The molecule has 1 fully saturated rings. The molecule has 1 aromatic rings. The summed E-state index contributed by atoms with van der Waals surface area (Å²) in [6.07, 6.45) is 13.6. The van der Waals surface area contributed by atoms with Crippen molar-refractivity contribution in [3.63, 3.8) is 0 Å². The van der Waals surface area contributed by atoms with Gasteiger partial charge in [-0.3, -0.25) is 0 Å². The summed E-state index contributed by atoms with van der Waals surface area (Å²) < 4.78 is 12.8. The highest BCUT2D eigenvalue weighted by Crippen LogP contribution is 2.31. The third kappa shape index (κ3) is 6.22. The summed E-state index contributed by atoms with van der Waals surface area (Å²) in [5, 5.41) is 0. The summed E-state index contributed by atoms with van der Waals surface area (Å²) in [4.78, 5) is 0. The van der Waals surface area contributed by atoms with Crippen molar-refractivity contribution in [1.82, 2.24) is 0 Å². The topological polar surface area (TPSA) is 0 Å². The van der Waals surface area contributed by atoms with Gasteiger partial charge in [0.05, 0.1) is 0 Å². The van der Waals surface area contributed by atoms with Gasteiger partial charge in [0.2, 0.25) is 0 Å². The minimum atomic E-state index is -0.190. The van der Waals surface area contributed by atoms with Crippen LogP contribution in [0.4, 0.5) is 4.39 Å². The quantitative estimate of drug-likeness (QED) is 0.424. The Bertz CT molecular complexity index is 469. The first kappa shape index (κ1) is 17.1. The Morgan fingerprint density at radius 1 is 0.955 bits per heavy atom. The average molecular weight is 300 g/mol. The zero-order valence-corrected chi connectivity index (χ0v) is 13.9. The van der Waals surface area contributed by atoms with Crippen LogP contribution in [0.2, 0.25) is 0 Å². The number of rotatable bonds is 6. The molecule has 2 rings (SSSR count). The Hall–Kier alpha value is -1.29. The maximum atomic E-state index is 12.8. The Morgan fingerprint density at radius 3 is 2.32 bits per heavy atom. The van der Waals surface area contributed by atoms with Crippen LogP contribution in [0.1, 0.15) is 76.7 Å². The predicted octanol–water partition coefficient (Wildman–Crippen LogP) is 6.34. The second-order valence-electron chi connectivity index (χ2n) is 6.70. The monoisotopic (exact) mass is 300 g/mol. The van der Waals surface area contributed by atoms with Crippen LogP contribution in [0, 0.1) is 29.5 Å². The van der Waals surface area contributed by atoms with Gasteiger partial charge in [0, 0.05) is 11.5 Å². The fourth-order valence-corrected chi connectivity index (χ4v) is 3.35. The van der Waals surface area contributed by atoms with Crippen molar-refractivity contribution in [2.24, 2.45) is 11.8 Å². The summed E-state index contributed by atoms with van der Waals surface area (Å²) in [7, 11) is 0. The van der Waals surface area contributed by atoms with E-state index in [9.17, 15) is 4.39 Å². The van der Waals surface area contributed by atoms with E-state index >= 15 is 0 Å². The van der Waals surface area contributed by atoms with Gasteiger partial charge < -0.3 is 0 Å². The third-order valence-corrected chi connectivity index (χ3v) is 4.83. The highest BCUT2D eigenvalue weighted by molar-refractivity contribution is 5.34. The first-order valence-electron chi connectivity index (χ1n) is 9.05. The lowest BCUT2D eigenvalue weighted by atomic mass is 9.80. The van der Waals surface area contributed by atoms with Crippen molar-refractivity contribution < 1.29 is 4.39 Å². The lowest BCUT2D eigenvalue weighted by molar-refractivity contribution is 0.294. The van der Waals surface area contributed by atoms with Crippen molar-refractivity contribution in [2.75, 3.05) is 0 Å². The Balaban J connectivity index is 1.66. The molecule has 1 heteroatoms. The van der Waals surface area contributed by atoms with Crippen molar-refractivity contribution in [2.45, 2.75) is 71.1 Å². The SMILES string of the molecule is CCCCCCCC1CCC(C#Cc2ccc(F)cc2)CC1. The van der Waals surface area contributed by atoms with Gasteiger partial charge in [-0.15, -0.1) is 0 Å². The van der Waals surface area contributed by atoms with Crippen molar-refractivity contribution in [3.8, 4) is 11.8 Å². The Morgan fingerprint density at radius 2 is 1.64 bits per heavy atom. The Kier molecular flexibility index (Phi) is 7.50. The fraction of sp³-hybridized carbons (Fsp3) is 0.619. The summed E-state index contributed by atoms with van der Waals surface area (Å²) in [6, 6.07) is 6.51. The molecular weight excluding hydrogens is 271 g/mol. The van der Waals surface area contributed by atoms with E-state index in [0.29, 0.717) is 5.92 Å². The molecule has 0 aromatic heterocycles. The molecule has 0 aliphatic heterocycles. The van der Waals surface area contributed by atoms with E-state index in [1.807, 2.05) is 0 Å². The molecule has 0 radical (unpaired) electrons. The fourth-order valence-electron chi connectivity index (χ4n) is 3.35. The molecule has 1 aliphatic rings. The van der Waals surface area contributed by atoms with Crippen LogP contribution >= 0.6 is 0 Å². The van der Waals surface area contributed by atoms with E-state index in [2.05, 4.69) is 18.8 Å². The second-order valence-corrected chi connectivity index (χ2v) is 6.70. The molecule has 1 aromatic carbocycles. The molecule has 0 nitrogen and oxygen atoms in total. The Labute approximate surface area is 135 Å². The number of benzene rings is 1. The molecule has 0 saturated heterocycles. The highest BCUT2D eigenvalue weighted by Gasteiger charge is 2.19. The van der Waals surface area contributed by atoms with E-state index < -0.39 is 0 Å². The third-order valence-electron chi connectivity index (χ3n) is 4.83. The molecule has 0 atom stereocenters. The van der Waals surface area contributed by atoms with Gasteiger partial charge in [0.1, 0.15) is 5.82 Å². The van der Waals surface area contributed by atoms with Gasteiger partial charge in [0.15, 0.2) is 0 Å². The maximum absolute atomic E-state index is 12.8. The highest BCUT2D eigenvalue weighted by atomic mass is 19.1. The number of halogens is 1. The summed E-state index contributed by atoms with van der Waals surface area (Å²) >= 11 is 0. The molecule has 0 N–H and O–H groups in total. The van der Waals surface area contributed by atoms with Crippen LogP contribution in [0.5, 0.6) is 0 Å². The van der Waals surface area contributed by atoms with Gasteiger partial charge in [0.25, 0.3) is 0 Å². The molecule has 0 bridgehead atoms. The molecule has 120 valence electrons. The lowest BCUT2D eigenvalue weighted by Gasteiger charge is -2.25. The molecule has 22 heavy (non-hydrogen) atoms. The van der Waals surface area contributed by atoms with E-state index in [1.165, 1.54) is 76.3 Å². The van der Waals surface area contributed by atoms with Gasteiger partial charge in [-0.25, -0.2) is 4.39 Å². The van der Waals surface area contributed by atoms with Crippen LogP contribution in [0.3, 0.4) is 0 Å². The number of hydrogen-bond acceptors (Lipinski definition) is 0. The van der Waals surface area contributed by atoms with Crippen molar-refractivity contribution in [3.05, 3.63) is 35.6 Å². The van der Waals surface area contributed by atoms with E-state index in [0.717, 1.165) is 11.5 Å². The van der Waals surface area contributed by atoms with Crippen LogP contribution in [0.15, 0.2) is 24.3 Å². The second kappa shape index (κ2) is 9.67. The summed E-state index contributed by atoms with van der Waals surface area (Å²) in [6.45, 7) is 2.27. The van der Waals surface area contributed by atoms with Crippen LogP contribution in [0.25, 0.3) is 0 Å². The van der Waals surface area contributed by atoms with E-state index in [4.69, 9.17) is 0 Å². The summed E-state index contributed by atoms with van der Waals surface area (Å²) in [5.74, 6) is 7.88. The molecule has 1 aliphatic carbocycles. The van der Waals surface area contributed by atoms with E-state index in [1.54, 1.807) is 12.1 Å². The first-order chi connectivity index (χ1) is 10.8. The van der Waals surface area contributed by atoms with Gasteiger partial charge >= 0.3 is 0 Å². The normalized spacial score (nSPS) is 21.2. The molecule has 0 spiro atoms. The first-order valence-corrected chi connectivity index (χ1v) is 9.05. The standard InChI is InChI=1S/C21H29F/c1-2-3-4-5-6-7-18-8-10-19(11-9-18)12-13-20-14-16-21(22)17-15-20/h14-19H,2-11H2,1H3. The van der Waals surface area contributed by atoms with Crippen molar-refractivity contribution >= 4 is 0 Å². The molecular formula is C21H29F. The molecule has 1 saturated carbocycles. The lowest BCUT2D eigenvalue weighted by Crippen LogP contribution is -2.13. The number of hydrogen-bond donors (Lipinski definition) is 0. The van der Waals surface area contributed by atoms with Crippen LogP contribution in [-0.2, 0) is 0 Å². The maximum Gasteiger partial charge on any atom is 0.123 e. The minimum Gasteiger partial charge on any atom is -0.207 e. The number of unbranched alkanes of at least 4 members (excludes halogenated alkanes) is 4. The average Bonchev–Trinajstić information content (AvgIpc) is 2.55.